The first kappa shape index (κ1) is 20.4. The van der Waals surface area contributed by atoms with E-state index in [0.29, 0.717) is 50.1 Å². The normalized spacial score (nSPS) is 18.1. The Morgan fingerprint density at radius 1 is 1.10 bits per heavy atom. The lowest BCUT2D eigenvalue weighted by atomic mass is 10.1. The number of hydrogen-bond donors (Lipinski definition) is 0. The van der Waals surface area contributed by atoms with E-state index >= 15 is 0 Å². The van der Waals surface area contributed by atoms with Crippen LogP contribution in [0.4, 0.5) is 0 Å². The van der Waals surface area contributed by atoms with Gasteiger partial charge in [0.25, 0.3) is 0 Å². The molecule has 1 fully saturated rings. The number of piperazine rings is 1. The molecule has 4 rings (SSSR count). The highest BCUT2D eigenvalue weighted by atomic mass is 35.5. The van der Waals surface area contributed by atoms with E-state index in [1.165, 1.54) is 4.31 Å². The molecule has 2 aliphatic rings. The Hall–Kier alpha value is -1.84. The number of halogens is 1. The average Bonchev–Trinajstić information content (AvgIpc) is 2.74. The van der Waals surface area contributed by atoms with Gasteiger partial charge in [0.2, 0.25) is 10.0 Å². The molecular weight excluding hydrogens is 416 g/mol. The summed E-state index contributed by atoms with van der Waals surface area (Å²) in [5.74, 6) is 1.46. The van der Waals surface area contributed by atoms with Crippen LogP contribution < -0.4 is 9.47 Å². The zero-order valence-electron chi connectivity index (χ0n) is 16.1. The number of hydrogen-bond acceptors (Lipinski definition) is 6. The Balaban J connectivity index is 1.43. The van der Waals surface area contributed by atoms with Crippen LogP contribution in [0.3, 0.4) is 0 Å². The van der Waals surface area contributed by atoms with Gasteiger partial charge in [0.05, 0.1) is 18.6 Å². The van der Waals surface area contributed by atoms with Crippen LogP contribution in [-0.2, 0) is 27.9 Å². The number of benzene rings is 2. The van der Waals surface area contributed by atoms with Crippen molar-refractivity contribution >= 4 is 21.6 Å². The molecule has 0 aliphatic carbocycles. The zero-order chi connectivity index (χ0) is 20.4. The molecule has 0 amide bonds. The fourth-order valence-corrected chi connectivity index (χ4v) is 5.33. The quantitative estimate of drug-likeness (QED) is 0.715. The van der Waals surface area contributed by atoms with E-state index in [0.717, 1.165) is 16.9 Å². The van der Waals surface area contributed by atoms with Gasteiger partial charge in [-0.05, 0) is 36.4 Å². The van der Waals surface area contributed by atoms with Gasteiger partial charge in [-0.25, -0.2) is 8.42 Å². The summed E-state index contributed by atoms with van der Waals surface area (Å²) in [5, 5.41) is 0.647. The third-order valence-electron chi connectivity index (χ3n) is 5.17. The SMILES string of the molecule is COc1ccc(S(=O)(=O)N2CCN(Cc3cc(Cl)cc4c3OCOC4)CC2)cc1. The highest BCUT2D eigenvalue weighted by Crippen LogP contribution is 2.32. The summed E-state index contributed by atoms with van der Waals surface area (Å²) in [7, 11) is -1.96. The van der Waals surface area contributed by atoms with Crippen LogP contribution in [0.2, 0.25) is 5.02 Å². The molecule has 1 saturated heterocycles. The van der Waals surface area contributed by atoms with Gasteiger partial charge in [-0.2, -0.15) is 4.31 Å². The Labute approximate surface area is 175 Å². The second-order valence-corrected chi connectivity index (χ2v) is 9.39. The van der Waals surface area contributed by atoms with Gasteiger partial charge in [-0.3, -0.25) is 4.90 Å². The van der Waals surface area contributed by atoms with Crippen molar-refractivity contribution < 1.29 is 22.6 Å². The molecule has 29 heavy (non-hydrogen) atoms. The maximum atomic E-state index is 12.9. The van der Waals surface area contributed by atoms with E-state index in [4.69, 9.17) is 25.8 Å². The second-order valence-electron chi connectivity index (χ2n) is 7.02. The lowest BCUT2D eigenvalue weighted by molar-refractivity contribution is -0.0175. The first-order valence-corrected chi connectivity index (χ1v) is 11.2. The van der Waals surface area contributed by atoms with Crippen molar-refractivity contribution in [3.8, 4) is 11.5 Å². The molecule has 2 aromatic carbocycles. The van der Waals surface area contributed by atoms with E-state index in [1.54, 1.807) is 31.4 Å². The van der Waals surface area contributed by atoms with Crippen LogP contribution in [0.25, 0.3) is 0 Å². The molecule has 9 heteroatoms. The number of methoxy groups -OCH3 is 1. The predicted molar refractivity (Wildman–Crippen MR) is 109 cm³/mol. The summed E-state index contributed by atoms with van der Waals surface area (Å²) in [6, 6.07) is 10.3. The van der Waals surface area contributed by atoms with E-state index in [1.807, 2.05) is 12.1 Å². The van der Waals surface area contributed by atoms with Crippen molar-refractivity contribution in [1.82, 2.24) is 9.21 Å². The second kappa shape index (κ2) is 8.49. The molecule has 7 nitrogen and oxygen atoms in total. The molecule has 2 aromatic rings. The summed E-state index contributed by atoms with van der Waals surface area (Å²) in [6.45, 7) is 3.49. The summed E-state index contributed by atoms with van der Waals surface area (Å²) in [5.41, 5.74) is 1.95. The first-order chi connectivity index (χ1) is 14.0. The van der Waals surface area contributed by atoms with Gasteiger partial charge >= 0.3 is 0 Å². The minimum Gasteiger partial charge on any atom is -0.497 e. The third-order valence-corrected chi connectivity index (χ3v) is 7.31. The number of fused-ring (bicyclic) bond motifs is 1. The van der Waals surface area contributed by atoms with Gasteiger partial charge in [-0.1, -0.05) is 11.6 Å². The van der Waals surface area contributed by atoms with Crippen LogP contribution in [-0.4, -0.2) is 57.7 Å². The van der Waals surface area contributed by atoms with E-state index in [9.17, 15) is 8.42 Å². The first-order valence-electron chi connectivity index (χ1n) is 9.36. The predicted octanol–water partition coefficient (Wildman–Crippen LogP) is 2.72. The summed E-state index contributed by atoms with van der Waals surface area (Å²) < 4.78 is 43.4. The Morgan fingerprint density at radius 2 is 1.83 bits per heavy atom. The fraction of sp³-hybridized carbons (Fsp3) is 0.400. The average molecular weight is 439 g/mol. The number of nitrogens with zero attached hydrogens (tertiary/aromatic N) is 2. The standard InChI is InChI=1S/C20H23ClN2O5S/c1-26-18-2-4-19(5-3-18)29(24,25)23-8-6-22(7-9-23)12-15-10-17(21)11-16-13-27-14-28-20(15)16/h2-5,10-11H,6-9,12-14H2,1H3. The Bertz CT molecular complexity index is 973. The molecular formula is C20H23ClN2O5S. The lowest BCUT2D eigenvalue weighted by Gasteiger charge is -2.34. The molecule has 0 spiro atoms. The van der Waals surface area contributed by atoms with Crippen LogP contribution in [0, 0.1) is 0 Å². The highest BCUT2D eigenvalue weighted by Gasteiger charge is 2.29. The maximum Gasteiger partial charge on any atom is 0.243 e. The monoisotopic (exact) mass is 438 g/mol. The molecule has 156 valence electrons. The fourth-order valence-electron chi connectivity index (χ4n) is 3.64. The maximum absolute atomic E-state index is 12.9. The third kappa shape index (κ3) is 4.36. The van der Waals surface area contributed by atoms with Crippen molar-refractivity contribution in [2.45, 2.75) is 18.0 Å². The Morgan fingerprint density at radius 3 is 2.52 bits per heavy atom. The Kier molecular flexibility index (Phi) is 5.98. The van der Waals surface area contributed by atoms with Crippen molar-refractivity contribution in [3.63, 3.8) is 0 Å². The highest BCUT2D eigenvalue weighted by molar-refractivity contribution is 7.89. The smallest absolute Gasteiger partial charge is 0.243 e. The van der Waals surface area contributed by atoms with Crippen LogP contribution in [0.1, 0.15) is 11.1 Å². The summed E-state index contributed by atoms with van der Waals surface area (Å²) >= 11 is 6.25. The topological polar surface area (TPSA) is 68.3 Å². The molecule has 0 saturated carbocycles. The number of ether oxygens (including phenoxy) is 3. The molecule has 0 radical (unpaired) electrons. The zero-order valence-corrected chi connectivity index (χ0v) is 17.7. The van der Waals surface area contributed by atoms with Gasteiger partial charge in [0, 0.05) is 48.9 Å². The molecule has 2 heterocycles. The van der Waals surface area contributed by atoms with E-state index in [2.05, 4.69) is 4.90 Å². The molecule has 0 atom stereocenters. The summed E-state index contributed by atoms with van der Waals surface area (Å²) in [4.78, 5) is 2.49. The van der Waals surface area contributed by atoms with Crippen molar-refractivity contribution in [2.24, 2.45) is 0 Å². The molecule has 2 aliphatic heterocycles. The lowest BCUT2D eigenvalue weighted by Crippen LogP contribution is -2.48. The van der Waals surface area contributed by atoms with E-state index < -0.39 is 10.0 Å². The number of sulfonamides is 1. The van der Waals surface area contributed by atoms with Crippen molar-refractivity contribution in [1.29, 1.82) is 0 Å². The van der Waals surface area contributed by atoms with Gasteiger partial charge < -0.3 is 14.2 Å². The molecule has 0 N–H and O–H groups in total. The molecule has 0 unspecified atom stereocenters. The van der Waals surface area contributed by atoms with Crippen molar-refractivity contribution in [2.75, 3.05) is 40.1 Å². The molecule has 0 aromatic heterocycles. The van der Waals surface area contributed by atoms with Crippen LogP contribution in [0.15, 0.2) is 41.3 Å². The number of rotatable bonds is 5. The van der Waals surface area contributed by atoms with Crippen molar-refractivity contribution in [3.05, 3.63) is 52.5 Å². The van der Waals surface area contributed by atoms with Gasteiger partial charge in [0.1, 0.15) is 11.5 Å². The van der Waals surface area contributed by atoms with Gasteiger partial charge in [0.15, 0.2) is 6.79 Å². The van der Waals surface area contributed by atoms with Crippen LogP contribution in [0.5, 0.6) is 11.5 Å². The largest absolute Gasteiger partial charge is 0.497 e. The molecule has 0 bridgehead atoms. The van der Waals surface area contributed by atoms with Crippen LogP contribution >= 0.6 is 11.6 Å². The van der Waals surface area contributed by atoms with Gasteiger partial charge in [-0.15, -0.1) is 0 Å². The summed E-state index contributed by atoms with van der Waals surface area (Å²) in [6.07, 6.45) is 0. The minimum absolute atomic E-state index is 0.232. The minimum atomic E-state index is -3.52. The van der Waals surface area contributed by atoms with E-state index in [-0.39, 0.29) is 11.7 Å².